The third kappa shape index (κ3) is 4.06. The first kappa shape index (κ1) is 14.0. The van der Waals surface area contributed by atoms with Gasteiger partial charge in [0.15, 0.2) is 0 Å². The Kier molecular flexibility index (Phi) is 5.76. The average molecular weight is 306 g/mol. The van der Waals surface area contributed by atoms with E-state index in [1.807, 2.05) is 18.2 Å². The second-order valence-corrected chi connectivity index (χ2v) is 5.28. The summed E-state index contributed by atoms with van der Waals surface area (Å²) in [5, 5.41) is 0.737. The van der Waals surface area contributed by atoms with Crippen molar-refractivity contribution < 1.29 is 0 Å². The van der Waals surface area contributed by atoms with E-state index in [-0.39, 0.29) is 6.04 Å². The maximum atomic E-state index is 6.15. The van der Waals surface area contributed by atoms with Crippen molar-refractivity contribution in [1.29, 1.82) is 0 Å². The molecule has 1 atom stereocenters. The van der Waals surface area contributed by atoms with Crippen molar-refractivity contribution in [1.82, 2.24) is 4.90 Å². The van der Waals surface area contributed by atoms with Crippen molar-refractivity contribution in [2.75, 3.05) is 20.1 Å². The van der Waals surface area contributed by atoms with E-state index in [2.05, 4.69) is 34.8 Å². The summed E-state index contributed by atoms with van der Waals surface area (Å²) in [4.78, 5) is 2.24. The van der Waals surface area contributed by atoms with Crippen LogP contribution in [0.2, 0.25) is 5.02 Å². The first-order valence-electron chi connectivity index (χ1n) is 5.43. The lowest BCUT2D eigenvalue weighted by Gasteiger charge is -2.18. The second kappa shape index (κ2) is 6.60. The Morgan fingerprint density at radius 1 is 1.50 bits per heavy atom. The van der Waals surface area contributed by atoms with Crippen LogP contribution in [-0.4, -0.2) is 25.0 Å². The zero-order chi connectivity index (χ0) is 12.1. The Labute approximate surface area is 111 Å². The van der Waals surface area contributed by atoms with Crippen LogP contribution in [0.4, 0.5) is 0 Å². The van der Waals surface area contributed by atoms with Gasteiger partial charge in [-0.25, -0.2) is 0 Å². The van der Waals surface area contributed by atoms with Crippen LogP contribution in [0.25, 0.3) is 0 Å². The van der Waals surface area contributed by atoms with Crippen LogP contribution in [-0.2, 0) is 0 Å². The molecule has 0 aliphatic carbocycles. The third-order valence-electron chi connectivity index (χ3n) is 2.72. The number of benzene rings is 1. The Morgan fingerprint density at radius 3 is 2.75 bits per heavy atom. The monoisotopic (exact) mass is 304 g/mol. The molecule has 0 aromatic heterocycles. The minimum atomic E-state index is 0.00889. The Balaban J connectivity index is 2.62. The standard InChI is InChI=1S/C12H18BrClN2/c1-3-16(2)7-6-12(15)10-5-4-9(13)8-11(10)14/h4-5,8,12H,3,6-7,15H2,1-2H3. The van der Waals surface area contributed by atoms with Crippen molar-refractivity contribution >= 4 is 27.5 Å². The highest BCUT2D eigenvalue weighted by Gasteiger charge is 2.10. The Morgan fingerprint density at radius 2 is 2.19 bits per heavy atom. The van der Waals surface area contributed by atoms with Crippen molar-refractivity contribution in [3.63, 3.8) is 0 Å². The molecule has 0 bridgehead atoms. The maximum absolute atomic E-state index is 6.15. The van der Waals surface area contributed by atoms with Crippen molar-refractivity contribution in [2.45, 2.75) is 19.4 Å². The van der Waals surface area contributed by atoms with E-state index in [9.17, 15) is 0 Å². The summed E-state index contributed by atoms with van der Waals surface area (Å²) in [6.07, 6.45) is 0.922. The molecule has 4 heteroatoms. The van der Waals surface area contributed by atoms with Gasteiger partial charge in [-0.3, -0.25) is 0 Å². The van der Waals surface area contributed by atoms with Gasteiger partial charge < -0.3 is 10.6 Å². The number of nitrogens with zero attached hydrogens (tertiary/aromatic N) is 1. The van der Waals surface area contributed by atoms with Gasteiger partial charge in [-0.05, 0) is 44.3 Å². The molecule has 0 spiro atoms. The molecule has 1 rings (SSSR count). The Bertz CT molecular complexity index is 344. The highest BCUT2D eigenvalue weighted by Crippen LogP contribution is 2.26. The predicted octanol–water partition coefficient (Wildman–Crippen LogP) is 3.44. The van der Waals surface area contributed by atoms with Crippen LogP contribution >= 0.6 is 27.5 Å². The number of hydrogen-bond acceptors (Lipinski definition) is 2. The summed E-state index contributed by atoms with van der Waals surface area (Å²) in [5.74, 6) is 0. The number of rotatable bonds is 5. The lowest BCUT2D eigenvalue weighted by atomic mass is 10.0. The Hall–Kier alpha value is -0.0900. The second-order valence-electron chi connectivity index (χ2n) is 3.96. The van der Waals surface area contributed by atoms with E-state index in [1.165, 1.54) is 0 Å². The number of halogens is 2. The molecule has 0 aliphatic heterocycles. The van der Waals surface area contributed by atoms with Crippen LogP contribution in [0.3, 0.4) is 0 Å². The third-order valence-corrected chi connectivity index (χ3v) is 3.54. The van der Waals surface area contributed by atoms with Gasteiger partial charge in [0.05, 0.1) is 0 Å². The topological polar surface area (TPSA) is 29.3 Å². The number of nitrogens with two attached hydrogens (primary N) is 1. The van der Waals surface area contributed by atoms with Gasteiger partial charge in [0.2, 0.25) is 0 Å². The molecule has 16 heavy (non-hydrogen) atoms. The molecule has 1 aromatic carbocycles. The van der Waals surface area contributed by atoms with Gasteiger partial charge >= 0.3 is 0 Å². The van der Waals surface area contributed by atoms with E-state index in [1.54, 1.807) is 0 Å². The van der Waals surface area contributed by atoms with E-state index in [4.69, 9.17) is 17.3 Å². The minimum Gasteiger partial charge on any atom is -0.324 e. The lowest BCUT2D eigenvalue weighted by molar-refractivity contribution is 0.335. The van der Waals surface area contributed by atoms with Gasteiger partial charge in [-0.2, -0.15) is 0 Å². The maximum Gasteiger partial charge on any atom is 0.0464 e. The molecule has 2 nitrogen and oxygen atoms in total. The molecule has 0 heterocycles. The molecule has 0 radical (unpaired) electrons. The smallest absolute Gasteiger partial charge is 0.0464 e. The van der Waals surface area contributed by atoms with Gasteiger partial charge in [0, 0.05) is 15.5 Å². The molecule has 0 saturated heterocycles. The first-order chi connectivity index (χ1) is 7.54. The van der Waals surface area contributed by atoms with E-state index in [0.29, 0.717) is 0 Å². The zero-order valence-corrected chi connectivity index (χ0v) is 12.1. The van der Waals surface area contributed by atoms with E-state index in [0.717, 1.165) is 34.6 Å². The van der Waals surface area contributed by atoms with Crippen molar-refractivity contribution in [3.05, 3.63) is 33.3 Å². The largest absolute Gasteiger partial charge is 0.324 e. The van der Waals surface area contributed by atoms with Crippen LogP contribution in [0.1, 0.15) is 24.9 Å². The van der Waals surface area contributed by atoms with Gasteiger partial charge in [-0.15, -0.1) is 0 Å². The summed E-state index contributed by atoms with van der Waals surface area (Å²) in [7, 11) is 2.09. The summed E-state index contributed by atoms with van der Waals surface area (Å²) < 4.78 is 0.985. The van der Waals surface area contributed by atoms with Crippen LogP contribution < -0.4 is 5.73 Å². The molecule has 0 fully saturated rings. The quantitative estimate of drug-likeness (QED) is 0.903. The average Bonchev–Trinajstić information content (AvgIpc) is 2.25. The van der Waals surface area contributed by atoms with Crippen LogP contribution in [0.5, 0.6) is 0 Å². The SMILES string of the molecule is CCN(C)CCC(N)c1ccc(Br)cc1Cl. The molecule has 90 valence electrons. The summed E-state index contributed by atoms with van der Waals surface area (Å²) in [6.45, 7) is 4.17. The van der Waals surface area contributed by atoms with Gasteiger partial charge in [-0.1, -0.05) is 40.5 Å². The fraction of sp³-hybridized carbons (Fsp3) is 0.500. The molecule has 0 aliphatic rings. The summed E-state index contributed by atoms with van der Waals surface area (Å²) in [5.41, 5.74) is 7.15. The molecule has 1 aromatic rings. The zero-order valence-electron chi connectivity index (χ0n) is 9.71. The van der Waals surface area contributed by atoms with E-state index < -0.39 is 0 Å². The van der Waals surface area contributed by atoms with Crippen LogP contribution in [0.15, 0.2) is 22.7 Å². The summed E-state index contributed by atoms with van der Waals surface area (Å²) >= 11 is 9.54. The van der Waals surface area contributed by atoms with Gasteiger partial charge in [0.25, 0.3) is 0 Å². The molecule has 1 unspecified atom stereocenters. The fourth-order valence-electron chi connectivity index (χ4n) is 1.48. The molecule has 0 saturated carbocycles. The predicted molar refractivity (Wildman–Crippen MR) is 73.9 cm³/mol. The van der Waals surface area contributed by atoms with E-state index >= 15 is 0 Å². The van der Waals surface area contributed by atoms with Crippen molar-refractivity contribution in [2.24, 2.45) is 5.73 Å². The molecular weight excluding hydrogens is 288 g/mol. The molecule has 0 amide bonds. The molecular formula is C12H18BrClN2. The highest BCUT2D eigenvalue weighted by atomic mass is 79.9. The normalized spacial score (nSPS) is 13.1. The molecule has 2 N–H and O–H groups in total. The lowest BCUT2D eigenvalue weighted by Crippen LogP contribution is -2.23. The first-order valence-corrected chi connectivity index (χ1v) is 6.60. The van der Waals surface area contributed by atoms with Crippen LogP contribution in [0, 0.1) is 0 Å². The summed E-state index contributed by atoms with van der Waals surface area (Å²) in [6, 6.07) is 5.86. The van der Waals surface area contributed by atoms with Crippen molar-refractivity contribution in [3.8, 4) is 0 Å². The number of hydrogen-bond donors (Lipinski definition) is 1. The van der Waals surface area contributed by atoms with Gasteiger partial charge in [0.1, 0.15) is 0 Å². The minimum absolute atomic E-state index is 0.00889. The fourth-order valence-corrected chi connectivity index (χ4v) is 2.29. The highest BCUT2D eigenvalue weighted by molar-refractivity contribution is 9.10.